The first-order chi connectivity index (χ1) is 9.47. The van der Waals surface area contributed by atoms with Crippen molar-refractivity contribution >= 4 is 11.9 Å². The number of hydrogen-bond donors (Lipinski definition) is 1. The van der Waals surface area contributed by atoms with Gasteiger partial charge in [-0.3, -0.25) is 14.5 Å². The van der Waals surface area contributed by atoms with Crippen LogP contribution in [-0.4, -0.2) is 59.5 Å². The summed E-state index contributed by atoms with van der Waals surface area (Å²) in [6.45, 7) is 7.75. The number of likely N-dealkylation sites (N-methyl/N-ethyl adjacent to an activating group) is 1. The van der Waals surface area contributed by atoms with E-state index in [4.69, 9.17) is 5.11 Å². The number of aliphatic carboxylic acids is 1. The molecule has 0 saturated heterocycles. The molecule has 118 valence electrons. The zero-order valence-electron chi connectivity index (χ0n) is 13.4. The van der Waals surface area contributed by atoms with E-state index in [-0.39, 0.29) is 12.5 Å². The maximum atomic E-state index is 12.3. The van der Waals surface area contributed by atoms with Gasteiger partial charge in [0.2, 0.25) is 5.91 Å². The number of nitrogens with zero attached hydrogens (tertiary/aromatic N) is 2. The Bertz CT molecular complexity index is 287. The molecule has 0 fully saturated rings. The number of hydrogen-bond acceptors (Lipinski definition) is 3. The number of amides is 1. The molecule has 1 unspecified atom stereocenters. The third-order valence-electron chi connectivity index (χ3n) is 3.50. The van der Waals surface area contributed by atoms with Crippen molar-refractivity contribution in [2.75, 3.05) is 26.7 Å². The lowest BCUT2D eigenvalue weighted by Crippen LogP contribution is -2.46. The van der Waals surface area contributed by atoms with Crippen molar-refractivity contribution in [2.45, 2.75) is 58.9 Å². The smallest absolute Gasteiger partial charge is 0.320 e. The van der Waals surface area contributed by atoms with E-state index in [0.717, 1.165) is 38.8 Å². The molecule has 1 atom stereocenters. The summed E-state index contributed by atoms with van der Waals surface area (Å²) in [5.74, 6) is -0.828. The number of rotatable bonds is 11. The van der Waals surface area contributed by atoms with E-state index >= 15 is 0 Å². The number of carboxylic acid groups (broad SMARTS) is 1. The Morgan fingerprint density at radius 1 is 1.05 bits per heavy atom. The lowest BCUT2D eigenvalue weighted by Gasteiger charge is -2.28. The number of unbranched alkanes of at least 4 members (excludes halogenated alkanes) is 2. The van der Waals surface area contributed by atoms with Gasteiger partial charge >= 0.3 is 5.97 Å². The zero-order valence-corrected chi connectivity index (χ0v) is 13.4. The normalized spacial score (nSPS) is 12.4. The number of carboxylic acids is 1. The Balaban J connectivity index is 4.51. The molecule has 1 amide bonds. The largest absolute Gasteiger partial charge is 0.480 e. The molecule has 0 aromatic rings. The van der Waals surface area contributed by atoms with Crippen LogP contribution in [0.4, 0.5) is 0 Å². The Hall–Kier alpha value is -1.10. The minimum atomic E-state index is -0.864. The van der Waals surface area contributed by atoms with Gasteiger partial charge in [-0.25, -0.2) is 0 Å². The van der Waals surface area contributed by atoms with Crippen molar-refractivity contribution in [3.05, 3.63) is 0 Å². The summed E-state index contributed by atoms with van der Waals surface area (Å²) in [6.07, 6.45) is 4.60. The monoisotopic (exact) mass is 286 g/mol. The van der Waals surface area contributed by atoms with E-state index in [1.165, 1.54) is 0 Å². The highest BCUT2D eigenvalue weighted by atomic mass is 16.4. The fourth-order valence-corrected chi connectivity index (χ4v) is 2.16. The Morgan fingerprint density at radius 3 is 1.90 bits per heavy atom. The van der Waals surface area contributed by atoms with Gasteiger partial charge in [-0.05, 0) is 26.3 Å². The molecule has 0 aliphatic carbocycles. The van der Waals surface area contributed by atoms with Gasteiger partial charge in [0, 0.05) is 13.1 Å². The molecule has 0 aliphatic heterocycles. The second-order valence-electron chi connectivity index (χ2n) is 5.27. The Morgan fingerprint density at radius 2 is 1.55 bits per heavy atom. The van der Waals surface area contributed by atoms with E-state index in [9.17, 15) is 9.59 Å². The van der Waals surface area contributed by atoms with Crippen LogP contribution in [0.3, 0.4) is 0 Å². The molecule has 0 radical (unpaired) electrons. The topological polar surface area (TPSA) is 60.9 Å². The van der Waals surface area contributed by atoms with Gasteiger partial charge in [0.05, 0.1) is 6.54 Å². The Kier molecular flexibility index (Phi) is 10.1. The van der Waals surface area contributed by atoms with E-state index in [2.05, 4.69) is 13.8 Å². The second-order valence-corrected chi connectivity index (χ2v) is 5.27. The molecule has 0 aliphatic rings. The zero-order chi connectivity index (χ0) is 15.5. The maximum Gasteiger partial charge on any atom is 0.320 e. The number of carbonyl (C=O) groups is 2. The molecule has 0 spiro atoms. The van der Waals surface area contributed by atoms with Crippen molar-refractivity contribution in [2.24, 2.45) is 0 Å². The molecule has 0 aromatic carbocycles. The van der Waals surface area contributed by atoms with Crippen LogP contribution < -0.4 is 0 Å². The second kappa shape index (κ2) is 10.7. The third kappa shape index (κ3) is 6.89. The molecule has 5 heteroatoms. The van der Waals surface area contributed by atoms with Gasteiger partial charge < -0.3 is 10.0 Å². The average Bonchev–Trinajstić information content (AvgIpc) is 2.38. The van der Waals surface area contributed by atoms with Gasteiger partial charge in [0.1, 0.15) is 6.04 Å². The summed E-state index contributed by atoms with van der Waals surface area (Å²) in [6, 6.07) is -0.585. The molecule has 0 heterocycles. The molecule has 20 heavy (non-hydrogen) atoms. The lowest BCUT2D eigenvalue weighted by atomic mass is 10.2. The van der Waals surface area contributed by atoms with Crippen LogP contribution in [0.25, 0.3) is 0 Å². The number of carbonyl (C=O) groups excluding carboxylic acids is 1. The fourth-order valence-electron chi connectivity index (χ4n) is 2.16. The van der Waals surface area contributed by atoms with Crippen LogP contribution in [-0.2, 0) is 9.59 Å². The fraction of sp³-hybridized carbons (Fsp3) is 0.867. The highest BCUT2D eigenvalue weighted by molar-refractivity contribution is 5.80. The van der Waals surface area contributed by atoms with Crippen LogP contribution in [0.5, 0.6) is 0 Å². The molecule has 0 bridgehead atoms. The Labute approximate surface area is 122 Å². The van der Waals surface area contributed by atoms with Crippen LogP contribution in [0.2, 0.25) is 0 Å². The minimum Gasteiger partial charge on any atom is -0.480 e. The molecule has 1 N–H and O–H groups in total. The highest BCUT2D eigenvalue weighted by Crippen LogP contribution is 2.05. The summed E-state index contributed by atoms with van der Waals surface area (Å²) in [5.41, 5.74) is 0. The van der Waals surface area contributed by atoms with Crippen molar-refractivity contribution in [3.8, 4) is 0 Å². The van der Waals surface area contributed by atoms with Crippen molar-refractivity contribution in [1.82, 2.24) is 9.80 Å². The summed E-state index contributed by atoms with van der Waals surface area (Å²) in [7, 11) is 1.71. The van der Waals surface area contributed by atoms with E-state index in [0.29, 0.717) is 6.42 Å². The molecular weight excluding hydrogens is 256 g/mol. The van der Waals surface area contributed by atoms with Gasteiger partial charge in [-0.2, -0.15) is 0 Å². The molecular formula is C15H30N2O3. The lowest BCUT2D eigenvalue weighted by molar-refractivity contribution is -0.144. The predicted octanol–water partition coefficient (Wildman–Crippen LogP) is 2.21. The third-order valence-corrected chi connectivity index (χ3v) is 3.50. The molecule has 5 nitrogen and oxygen atoms in total. The first kappa shape index (κ1) is 18.9. The van der Waals surface area contributed by atoms with Crippen LogP contribution in [0.1, 0.15) is 52.9 Å². The quantitative estimate of drug-likeness (QED) is 0.632. The highest BCUT2D eigenvalue weighted by Gasteiger charge is 2.24. The summed E-state index contributed by atoms with van der Waals surface area (Å²) in [4.78, 5) is 26.9. The first-order valence-electron chi connectivity index (χ1n) is 7.68. The van der Waals surface area contributed by atoms with Crippen molar-refractivity contribution < 1.29 is 14.7 Å². The summed E-state index contributed by atoms with van der Waals surface area (Å²) >= 11 is 0. The van der Waals surface area contributed by atoms with Crippen LogP contribution in [0.15, 0.2) is 0 Å². The SMILES string of the molecule is CCCCN(CCCC)C(=O)CN(C)C(CC)C(=O)O. The summed E-state index contributed by atoms with van der Waals surface area (Å²) < 4.78 is 0. The van der Waals surface area contributed by atoms with E-state index in [1.54, 1.807) is 11.9 Å². The van der Waals surface area contributed by atoms with Crippen LogP contribution in [0, 0.1) is 0 Å². The molecule has 0 saturated carbocycles. The maximum absolute atomic E-state index is 12.3. The standard InChI is InChI=1S/C15H30N2O3/c1-5-8-10-17(11-9-6-2)14(18)12-16(4)13(7-3)15(19)20/h13H,5-12H2,1-4H3,(H,19,20). The van der Waals surface area contributed by atoms with Gasteiger partial charge in [0.25, 0.3) is 0 Å². The van der Waals surface area contributed by atoms with E-state index < -0.39 is 12.0 Å². The van der Waals surface area contributed by atoms with Crippen molar-refractivity contribution in [1.29, 1.82) is 0 Å². The first-order valence-corrected chi connectivity index (χ1v) is 7.68. The van der Waals surface area contributed by atoms with Gasteiger partial charge in [-0.1, -0.05) is 33.6 Å². The molecule has 0 rings (SSSR count). The minimum absolute atomic E-state index is 0.0362. The van der Waals surface area contributed by atoms with E-state index in [1.807, 2.05) is 11.8 Å². The van der Waals surface area contributed by atoms with Crippen LogP contribution >= 0.6 is 0 Å². The van der Waals surface area contributed by atoms with Gasteiger partial charge in [0.15, 0.2) is 0 Å². The van der Waals surface area contributed by atoms with Gasteiger partial charge in [-0.15, -0.1) is 0 Å². The summed E-state index contributed by atoms with van der Waals surface area (Å²) in [5, 5.41) is 9.11. The predicted molar refractivity (Wildman–Crippen MR) is 80.7 cm³/mol. The van der Waals surface area contributed by atoms with Crippen molar-refractivity contribution in [3.63, 3.8) is 0 Å². The average molecular weight is 286 g/mol. The molecule has 0 aromatic heterocycles.